The average molecular weight is 282 g/mol. The van der Waals surface area contributed by atoms with Gasteiger partial charge in [0, 0.05) is 13.1 Å². The van der Waals surface area contributed by atoms with Gasteiger partial charge in [-0.1, -0.05) is 26.7 Å². The minimum atomic E-state index is -0.781. The summed E-state index contributed by atoms with van der Waals surface area (Å²) < 4.78 is 0. The third-order valence-corrected chi connectivity index (χ3v) is 5.32. The van der Waals surface area contributed by atoms with Crippen LogP contribution in [0.3, 0.4) is 0 Å². The van der Waals surface area contributed by atoms with Crippen molar-refractivity contribution in [1.82, 2.24) is 10.6 Å². The number of carboxylic acid groups (broad SMARTS) is 1. The van der Waals surface area contributed by atoms with Crippen LogP contribution < -0.4 is 10.6 Å². The maximum atomic E-state index is 11.8. The molecule has 0 saturated heterocycles. The molecule has 2 rings (SSSR count). The van der Waals surface area contributed by atoms with Gasteiger partial charge in [0.2, 0.25) is 0 Å². The fourth-order valence-electron chi connectivity index (χ4n) is 3.21. The summed E-state index contributed by atoms with van der Waals surface area (Å²) in [5.41, 5.74) is -0.470. The van der Waals surface area contributed by atoms with E-state index in [0.29, 0.717) is 25.3 Å². The van der Waals surface area contributed by atoms with E-state index in [4.69, 9.17) is 0 Å². The second kappa shape index (κ2) is 5.62. The maximum absolute atomic E-state index is 11.8. The summed E-state index contributed by atoms with van der Waals surface area (Å²) in [6.45, 7) is 5.30. The summed E-state index contributed by atoms with van der Waals surface area (Å²) in [4.78, 5) is 23.2. The molecule has 0 bridgehead atoms. The van der Waals surface area contributed by atoms with Crippen LogP contribution in [0, 0.1) is 16.7 Å². The number of aliphatic carboxylic acids is 1. The van der Waals surface area contributed by atoms with Crippen molar-refractivity contribution in [2.75, 3.05) is 13.1 Å². The molecule has 2 aliphatic carbocycles. The van der Waals surface area contributed by atoms with Crippen molar-refractivity contribution >= 4 is 12.0 Å². The molecule has 0 aliphatic heterocycles. The van der Waals surface area contributed by atoms with Crippen molar-refractivity contribution in [3.05, 3.63) is 0 Å². The first-order valence-electron chi connectivity index (χ1n) is 7.65. The lowest BCUT2D eigenvalue weighted by Crippen LogP contribution is -2.46. The molecular weight excluding hydrogens is 256 g/mol. The molecule has 0 spiro atoms. The number of urea groups is 1. The Hall–Kier alpha value is -1.26. The van der Waals surface area contributed by atoms with Crippen LogP contribution in [0.15, 0.2) is 0 Å². The molecule has 0 heterocycles. The molecule has 2 saturated carbocycles. The topological polar surface area (TPSA) is 78.4 Å². The summed E-state index contributed by atoms with van der Waals surface area (Å²) in [6, 6.07) is -0.232. The van der Waals surface area contributed by atoms with Crippen molar-refractivity contribution in [1.29, 1.82) is 0 Å². The predicted octanol–water partition coefficient (Wildman–Crippen LogP) is 2.37. The first-order valence-corrected chi connectivity index (χ1v) is 7.65. The highest BCUT2D eigenvalue weighted by atomic mass is 16.4. The van der Waals surface area contributed by atoms with Crippen molar-refractivity contribution < 1.29 is 14.7 Å². The molecule has 2 aliphatic rings. The van der Waals surface area contributed by atoms with Crippen molar-refractivity contribution in [3.63, 3.8) is 0 Å². The van der Waals surface area contributed by atoms with E-state index in [9.17, 15) is 14.7 Å². The molecule has 20 heavy (non-hydrogen) atoms. The van der Waals surface area contributed by atoms with Gasteiger partial charge in [-0.2, -0.15) is 0 Å². The number of hydrogen-bond donors (Lipinski definition) is 3. The Bertz CT molecular complexity index is 383. The van der Waals surface area contributed by atoms with E-state index in [2.05, 4.69) is 24.5 Å². The van der Waals surface area contributed by atoms with Crippen LogP contribution >= 0.6 is 0 Å². The van der Waals surface area contributed by atoms with E-state index < -0.39 is 11.4 Å². The third kappa shape index (κ3) is 3.07. The number of hydrogen-bond acceptors (Lipinski definition) is 2. The first kappa shape index (κ1) is 15.1. The monoisotopic (exact) mass is 282 g/mol. The zero-order valence-electron chi connectivity index (χ0n) is 12.5. The van der Waals surface area contributed by atoms with E-state index in [1.165, 1.54) is 12.8 Å². The van der Waals surface area contributed by atoms with Gasteiger partial charge >= 0.3 is 12.0 Å². The quantitative estimate of drug-likeness (QED) is 0.700. The van der Waals surface area contributed by atoms with Crippen molar-refractivity contribution in [3.8, 4) is 0 Å². The molecule has 2 fully saturated rings. The zero-order chi connectivity index (χ0) is 14.8. The first-order chi connectivity index (χ1) is 9.40. The minimum absolute atomic E-state index is 0.232. The Kier molecular flexibility index (Phi) is 4.25. The highest BCUT2D eigenvalue weighted by molar-refractivity contribution is 5.78. The van der Waals surface area contributed by atoms with Gasteiger partial charge in [0.15, 0.2) is 0 Å². The van der Waals surface area contributed by atoms with Crippen molar-refractivity contribution in [2.45, 2.75) is 52.4 Å². The predicted molar refractivity (Wildman–Crippen MR) is 76.4 cm³/mol. The lowest BCUT2D eigenvalue weighted by Gasteiger charge is -2.25. The number of carbonyl (C=O) groups is 2. The fraction of sp³-hybridized carbons (Fsp3) is 0.867. The number of rotatable bonds is 6. The minimum Gasteiger partial charge on any atom is -0.481 e. The number of carbonyl (C=O) groups excluding carboxylic acids is 1. The summed E-state index contributed by atoms with van der Waals surface area (Å²) in [7, 11) is 0. The Balaban J connectivity index is 1.76. The second-order valence-electron chi connectivity index (χ2n) is 6.85. The van der Waals surface area contributed by atoms with Gasteiger partial charge in [-0.3, -0.25) is 4.79 Å². The highest BCUT2D eigenvalue weighted by Gasteiger charge is 2.45. The Morgan fingerprint density at radius 3 is 2.05 bits per heavy atom. The number of amides is 2. The van der Waals surface area contributed by atoms with Gasteiger partial charge in [-0.25, -0.2) is 4.79 Å². The molecule has 0 radical (unpaired) electrons. The molecule has 5 heteroatoms. The number of nitrogens with one attached hydrogen (secondary N) is 2. The van der Waals surface area contributed by atoms with Crippen LogP contribution in [0.5, 0.6) is 0 Å². The van der Waals surface area contributed by atoms with Gasteiger partial charge in [-0.05, 0) is 37.0 Å². The Morgan fingerprint density at radius 2 is 1.60 bits per heavy atom. The molecule has 2 amide bonds. The molecular formula is C15H26N2O3. The molecule has 3 N–H and O–H groups in total. The van der Waals surface area contributed by atoms with Crippen LogP contribution in [-0.4, -0.2) is 30.2 Å². The van der Waals surface area contributed by atoms with Gasteiger partial charge < -0.3 is 15.7 Å². The van der Waals surface area contributed by atoms with Crippen LogP contribution in [0.4, 0.5) is 4.79 Å². The van der Waals surface area contributed by atoms with Crippen LogP contribution in [0.2, 0.25) is 0 Å². The average Bonchev–Trinajstić information content (AvgIpc) is 3.04. The summed E-state index contributed by atoms with van der Waals surface area (Å²) >= 11 is 0. The van der Waals surface area contributed by atoms with Crippen LogP contribution in [-0.2, 0) is 4.79 Å². The Morgan fingerprint density at radius 1 is 1.05 bits per heavy atom. The standard InChI is InChI=1S/C15H26N2O3/c1-11(2)14(7-8-14)9-16-13(20)17-10-15(12(18)19)5-3-4-6-15/h11H,3-10H2,1-2H3,(H,18,19)(H2,16,17,20). The summed E-state index contributed by atoms with van der Waals surface area (Å²) in [6.07, 6.45) is 5.54. The highest BCUT2D eigenvalue weighted by Crippen LogP contribution is 2.51. The molecule has 0 atom stereocenters. The van der Waals surface area contributed by atoms with Gasteiger partial charge in [0.25, 0.3) is 0 Å². The van der Waals surface area contributed by atoms with E-state index in [1.54, 1.807) is 0 Å². The van der Waals surface area contributed by atoms with Gasteiger partial charge in [0.05, 0.1) is 5.41 Å². The van der Waals surface area contributed by atoms with E-state index in [-0.39, 0.29) is 18.0 Å². The van der Waals surface area contributed by atoms with Crippen molar-refractivity contribution in [2.24, 2.45) is 16.7 Å². The lowest BCUT2D eigenvalue weighted by atomic mass is 9.86. The normalized spacial score (nSPS) is 22.6. The molecule has 0 aromatic heterocycles. The molecule has 0 aromatic rings. The molecule has 114 valence electrons. The SMILES string of the molecule is CC(C)C1(CNC(=O)NCC2(C(=O)O)CCCC2)CC1. The lowest BCUT2D eigenvalue weighted by molar-refractivity contribution is -0.148. The van der Waals surface area contributed by atoms with Crippen LogP contribution in [0.1, 0.15) is 52.4 Å². The van der Waals surface area contributed by atoms with Crippen LogP contribution in [0.25, 0.3) is 0 Å². The van der Waals surface area contributed by atoms with E-state index in [0.717, 1.165) is 12.8 Å². The van der Waals surface area contributed by atoms with Gasteiger partial charge in [0.1, 0.15) is 0 Å². The largest absolute Gasteiger partial charge is 0.481 e. The smallest absolute Gasteiger partial charge is 0.314 e. The summed E-state index contributed by atoms with van der Waals surface area (Å²) in [5.74, 6) is -0.209. The van der Waals surface area contributed by atoms with Gasteiger partial charge in [-0.15, -0.1) is 0 Å². The fourth-order valence-corrected chi connectivity index (χ4v) is 3.21. The zero-order valence-corrected chi connectivity index (χ0v) is 12.5. The maximum Gasteiger partial charge on any atom is 0.314 e. The second-order valence-corrected chi connectivity index (χ2v) is 6.85. The molecule has 0 aromatic carbocycles. The summed E-state index contributed by atoms with van der Waals surface area (Å²) in [5, 5.41) is 15.0. The number of carboxylic acids is 1. The molecule has 0 unspecified atom stereocenters. The third-order valence-electron chi connectivity index (χ3n) is 5.32. The van der Waals surface area contributed by atoms with E-state index in [1.807, 2.05) is 0 Å². The molecule has 5 nitrogen and oxygen atoms in total. The Labute approximate surface area is 120 Å². The van der Waals surface area contributed by atoms with E-state index >= 15 is 0 Å².